The number of aryl methyl sites for hydroxylation is 1. The first-order chi connectivity index (χ1) is 13.0. The number of aromatic amines is 1. The monoisotopic (exact) mass is 376 g/mol. The zero-order valence-corrected chi connectivity index (χ0v) is 15.8. The van der Waals surface area contributed by atoms with E-state index in [1.807, 2.05) is 48.5 Å². The van der Waals surface area contributed by atoms with Crippen molar-refractivity contribution in [2.45, 2.75) is 18.5 Å². The van der Waals surface area contributed by atoms with Gasteiger partial charge in [0.05, 0.1) is 0 Å². The summed E-state index contributed by atoms with van der Waals surface area (Å²) >= 11 is 0. The van der Waals surface area contributed by atoms with Crippen molar-refractivity contribution in [2.75, 3.05) is 0 Å². The lowest BCUT2D eigenvalue weighted by Crippen LogP contribution is -2.23. The Kier molecular flexibility index (Phi) is 4.56. The predicted molar refractivity (Wildman–Crippen MR) is 109 cm³/mol. The molecule has 0 spiro atoms. The van der Waals surface area contributed by atoms with E-state index < -0.39 is 10.0 Å². The summed E-state index contributed by atoms with van der Waals surface area (Å²) < 4.78 is 27.8. The molecule has 1 heterocycles. The second kappa shape index (κ2) is 7.02. The van der Waals surface area contributed by atoms with Gasteiger partial charge in [-0.05, 0) is 35.7 Å². The van der Waals surface area contributed by atoms with Gasteiger partial charge in [0.1, 0.15) is 5.03 Å². The lowest BCUT2D eigenvalue weighted by Gasteiger charge is -2.07. The number of sulfonamides is 1. The first-order valence-corrected chi connectivity index (χ1v) is 10.2. The molecular weight excluding hydrogens is 356 g/mol. The highest BCUT2D eigenvalue weighted by Gasteiger charge is 2.16. The SMILES string of the molecule is Cc1ccc(-c2ccc(CNS(=O)(=O)c3cc4ccccc4[nH]3)cc2)cc1. The Morgan fingerprint density at radius 1 is 0.852 bits per heavy atom. The Labute approximate surface area is 158 Å². The molecule has 0 fully saturated rings. The van der Waals surface area contributed by atoms with Gasteiger partial charge < -0.3 is 4.98 Å². The van der Waals surface area contributed by atoms with Crippen molar-refractivity contribution in [1.29, 1.82) is 0 Å². The maximum atomic E-state index is 12.6. The van der Waals surface area contributed by atoms with E-state index >= 15 is 0 Å². The van der Waals surface area contributed by atoms with Crippen molar-refractivity contribution in [3.8, 4) is 11.1 Å². The number of benzene rings is 3. The quantitative estimate of drug-likeness (QED) is 0.534. The maximum Gasteiger partial charge on any atom is 0.256 e. The average Bonchev–Trinajstić information content (AvgIpc) is 3.13. The first kappa shape index (κ1) is 17.5. The van der Waals surface area contributed by atoms with Gasteiger partial charge in [-0.2, -0.15) is 0 Å². The summed E-state index contributed by atoms with van der Waals surface area (Å²) in [6.07, 6.45) is 0. The van der Waals surface area contributed by atoms with E-state index in [1.54, 1.807) is 6.07 Å². The normalized spacial score (nSPS) is 11.7. The van der Waals surface area contributed by atoms with Gasteiger partial charge in [0, 0.05) is 17.4 Å². The minimum absolute atomic E-state index is 0.181. The van der Waals surface area contributed by atoms with Crippen LogP contribution in [-0.2, 0) is 16.6 Å². The Balaban J connectivity index is 1.48. The standard InChI is InChI=1S/C22H20N2O2S/c1-16-6-10-18(11-7-16)19-12-8-17(9-13-19)15-23-27(25,26)22-14-20-4-2-3-5-21(20)24-22/h2-14,23-24H,15H2,1H3. The molecule has 1 aromatic heterocycles. The molecule has 4 rings (SSSR count). The van der Waals surface area contributed by atoms with Crippen LogP contribution in [0.25, 0.3) is 22.0 Å². The van der Waals surface area contributed by atoms with Gasteiger partial charge in [0.15, 0.2) is 0 Å². The minimum atomic E-state index is -3.59. The Hall–Kier alpha value is -2.89. The van der Waals surface area contributed by atoms with Crippen LogP contribution in [0, 0.1) is 6.92 Å². The third kappa shape index (κ3) is 3.79. The fourth-order valence-corrected chi connectivity index (χ4v) is 4.05. The van der Waals surface area contributed by atoms with Crippen molar-refractivity contribution < 1.29 is 8.42 Å². The van der Waals surface area contributed by atoms with Crippen molar-refractivity contribution in [3.63, 3.8) is 0 Å². The molecule has 0 aliphatic rings. The van der Waals surface area contributed by atoms with Gasteiger partial charge >= 0.3 is 0 Å². The molecule has 5 heteroatoms. The second-order valence-corrected chi connectivity index (χ2v) is 8.34. The Bertz CT molecular complexity index is 1140. The highest BCUT2D eigenvalue weighted by Crippen LogP contribution is 2.21. The molecule has 2 N–H and O–H groups in total. The van der Waals surface area contributed by atoms with Gasteiger partial charge in [-0.3, -0.25) is 0 Å². The number of para-hydroxylation sites is 1. The molecule has 0 atom stereocenters. The van der Waals surface area contributed by atoms with E-state index in [-0.39, 0.29) is 11.6 Å². The van der Waals surface area contributed by atoms with Crippen LogP contribution in [0.3, 0.4) is 0 Å². The number of rotatable bonds is 5. The number of aromatic nitrogens is 1. The molecule has 0 amide bonds. The lowest BCUT2D eigenvalue weighted by atomic mass is 10.0. The van der Waals surface area contributed by atoms with E-state index in [9.17, 15) is 8.42 Å². The number of nitrogens with one attached hydrogen (secondary N) is 2. The minimum Gasteiger partial charge on any atom is -0.345 e. The molecule has 4 nitrogen and oxygen atoms in total. The van der Waals surface area contributed by atoms with E-state index in [2.05, 4.69) is 40.9 Å². The summed E-state index contributed by atoms with van der Waals surface area (Å²) in [7, 11) is -3.59. The maximum absolute atomic E-state index is 12.6. The molecule has 27 heavy (non-hydrogen) atoms. The summed E-state index contributed by atoms with van der Waals surface area (Å²) in [6.45, 7) is 2.30. The molecule has 136 valence electrons. The lowest BCUT2D eigenvalue weighted by molar-refractivity contribution is 0.578. The van der Waals surface area contributed by atoms with Gasteiger partial charge in [0.25, 0.3) is 10.0 Å². The van der Waals surface area contributed by atoms with Gasteiger partial charge in [-0.25, -0.2) is 13.1 Å². The summed E-state index contributed by atoms with van der Waals surface area (Å²) in [5, 5.41) is 1.06. The summed E-state index contributed by atoms with van der Waals surface area (Å²) in [4.78, 5) is 2.96. The molecule has 0 saturated heterocycles. The summed E-state index contributed by atoms with van der Waals surface area (Å²) in [6, 6.07) is 25.4. The van der Waals surface area contributed by atoms with Crippen molar-refractivity contribution in [1.82, 2.24) is 9.71 Å². The molecule has 0 aliphatic heterocycles. The fraction of sp³-hybridized carbons (Fsp3) is 0.0909. The van der Waals surface area contributed by atoms with Crippen LogP contribution in [-0.4, -0.2) is 13.4 Å². The van der Waals surface area contributed by atoms with E-state index in [0.29, 0.717) is 0 Å². The topological polar surface area (TPSA) is 62.0 Å². The molecular formula is C22H20N2O2S. The highest BCUT2D eigenvalue weighted by atomic mass is 32.2. The number of hydrogen-bond acceptors (Lipinski definition) is 2. The van der Waals surface area contributed by atoms with Gasteiger partial charge in [-0.15, -0.1) is 0 Å². The average molecular weight is 376 g/mol. The Morgan fingerprint density at radius 3 is 2.15 bits per heavy atom. The Morgan fingerprint density at radius 2 is 1.48 bits per heavy atom. The van der Waals surface area contributed by atoms with E-state index in [1.165, 1.54) is 5.56 Å². The van der Waals surface area contributed by atoms with Crippen LogP contribution >= 0.6 is 0 Å². The van der Waals surface area contributed by atoms with Gasteiger partial charge in [0.2, 0.25) is 0 Å². The third-order valence-corrected chi connectivity index (χ3v) is 5.92. The van der Waals surface area contributed by atoms with Gasteiger partial charge in [-0.1, -0.05) is 72.3 Å². The van der Waals surface area contributed by atoms with Crippen LogP contribution in [0.5, 0.6) is 0 Å². The van der Waals surface area contributed by atoms with Crippen LogP contribution in [0.4, 0.5) is 0 Å². The largest absolute Gasteiger partial charge is 0.345 e. The van der Waals surface area contributed by atoms with Crippen LogP contribution in [0.2, 0.25) is 0 Å². The van der Waals surface area contributed by atoms with Crippen LogP contribution < -0.4 is 4.72 Å². The number of hydrogen-bond donors (Lipinski definition) is 2. The zero-order chi connectivity index (χ0) is 18.9. The molecule has 3 aromatic carbocycles. The molecule has 0 unspecified atom stereocenters. The number of fused-ring (bicyclic) bond motifs is 1. The molecule has 0 radical (unpaired) electrons. The van der Waals surface area contributed by atoms with Crippen molar-refractivity contribution in [2.24, 2.45) is 0 Å². The van der Waals surface area contributed by atoms with Crippen LogP contribution in [0.15, 0.2) is 83.9 Å². The molecule has 4 aromatic rings. The van der Waals surface area contributed by atoms with Crippen LogP contribution in [0.1, 0.15) is 11.1 Å². The molecule has 0 bridgehead atoms. The third-order valence-electron chi connectivity index (χ3n) is 4.60. The summed E-state index contributed by atoms with van der Waals surface area (Å²) in [5.74, 6) is 0. The predicted octanol–water partition coefficient (Wildman–Crippen LogP) is 4.62. The summed E-state index contributed by atoms with van der Waals surface area (Å²) in [5.41, 5.74) is 5.19. The fourth-order valence-electron chi connectivity index (χ4n) is 3.01. The molecule has 0 aliphatic carbocycles. The van der Waals surface area contributed by atoms with Crippen molar-refractivity contribution in [3.05, 3.63) is 90.0 Å². The van der Waals surface area contributed by atoms with Crippen molar-refractivity contribution >= 4 is 20.9 Å². The highest BCUT2D eigenvalue weighted by molar-refractivity contribution is 7.89. The second-order valence-electron chi connectivity index (χ2n) is 6.61. The van der Waals surface area contributed by atoms with E-state index in [0.717, 1.165) is 27.6 Å². The number of H-pyrrole nitrogens is 1. The first-order valence-electron chi connectivity index (χ1n) is 8.75. The molecule has 0 saturated carbocycles. The smallest absolute Gasteiger partial charge is 0.256 e. The zero-order valence-electron chi connectivity index (χ0n) is 14.9. The van der Waals surface area contributed by atoms with E-state index in [4.69, 9.17) is 0 Å².